The number of hydrogen-bond donors (Lipinski definition) is 3. The fourth-order valence-electron chi connectivity index (χ4n) is 4.58. The van der Waals surface area contributed by atoms with Crippen molar-refractivity contribution in [2.45, 2.75) is 103 Å². The van der Waals surface area contributed by atoms with Gasteiger partial charge in [-0.2, -0.15) is 0 Å². The Kier molecular flexibility index (Phi) is 7.33. The molecular weight excluding hydrogens is 448 g/mol. The summed E-state index contributed by atoms with van der Waals surface area (Å²) in [4.78, 5) is 19.3. The van der Waals surface area contributed by atoms with Crippen molar-refractivity contribution in [2.75, 3.05) is 23.7 Å². The maximum absolute atomic E-state index is 12.4. The van der Waals surface area contributed by atoms with Gasteiger partial charge in [-0.05, 0) is 51.7 Å². The van der Waals surface area contributed by atoms with E-state index in [9.17, 15) is 9.90 Å². The molecule has 34 heavy (non-hydrogen) atoms. The van der Waals surface area contributed by atoms with Crippen molar-refractivity contribution in [3.63, 3.8) is 0 Å². The lowest BCUT2D eigenvalue weighted by atomic mass is 9.91. The van der Waals surface area contributed by atoms with Gasteiger partial charge in [-0.25, -0.2) is 4.79 Å². The van der Waals surface area contributed by atoms with Gasteiger partial charge in [0.05, 0.1) is 41.5 Å². The van der Waals surface area contributed by atoms with E-state index in [-0.39, 0.29) is 17.1 Å². The Morgan fingerprint density at radius 1 is 1.24 bits per heavy atom. The van der Waals surface area contributed by atoms with Crippen molar-refractivity contribution in [1.82, 2.24) is 10.3 Å². The van der Waals surface area contributed by atoms with E-state index in [1.807, 2.05) is 27.7 Å². The van der Waals surface area contributed by atoms with Crippen LogP contribution >= 0.6 is 0 Å². The molecule has 0 radical (unpaired) electrons. The van der Waals surface area contributed by atoms with E-state index >= 15 is 0 Å². The first-order chi connectivity index (χ1) is 15.5. The number of amides is 1. The summed E-state index contributed by atoms with van der Waals surface area (Å²) in [6.07, 6.45) is 2.24. The predicted molar refractivity (Wildman–Crippen MR) is 139 cm³/mol. The molecule has 1 aromatic heterocycles. The van der Waals surface area contributed by atoms with Gasteiger partial charge in [0, 0.05) is 24.6 Å². The second-order valence-electron chi connectivity index (χ2n) is 12.5. The minimum absolute atomic E-state index is 0.0290. The number of aromatic nitrogens is 1. The molecule has 8 nitrogen and oxygen atoms in total. The van der Waals surface area contributed by atoms with Crippen molar-refractivity contribution in [3.8, 4) is 0 Å². The number of nitrogens with zero attached hydrogens (tertiary/aromatic N) is 2. The lowest BCUT2D eigenvalue weighted by Gasteiger charge is -2.42. The summed E-state index contributed by atoms with van der Waals surface area (Å²) in [5.41, 5.74) is 9.54. The lowest BCUT2D eigenvalue weighted by molar-refractivity contribution is 0.0303. The summed E-state index contributed by atoms with van der Waals surface area (Å²) >= 11 is 0. The number of aliphatic hydroxyl groups excluding tert-OH is 1. The summed E-state index contributed by atoms with van der Waals surface area (Å²) < 4.78 is 12.2. The number of alkyl carbamates (subject to hydrolysis) is 1. The highest BCUT2D eigenvalue weighted by molar-refractivity contribution is 6.74. The highest BCUT2D eigenvalue weighted by Crippen LogP contribution is 2.46. The molecule has 2 heterocycles. The average molecular weight is 493 g/mol. The van der Waals surface area contributed by atoms with Crippen LogP contribution in [0.25, 0.3) is 0 Å². The minimum atomic E-state index is -1.96. The third-order valence-electron chi connectivity index (χ3n) is 7.35. The molecule has 0 saturated carbocycles. The van der Waals surface area contributed by atoms with Crippen LogP contribution in [0.5, 0.6) is 0 Å². The fourth-order valence-corrected chi connectivity index (χ4v) is 5.87. The highest BCUT2D eigenvalue weighted by atomic mass is 28.4. The van der Waals surface area contributed by atoms with Crippen LogP contribution in [0.2, 0.25) is 18.1 Å². The minimum Gasteiger partial charge on any atom is -0.444 e. The molecule has 3 unspecified atom stereocenters. The van der Waals surface area contributed by atoms with Gasteiger partial charge in [0.1, 0.15) is 5.60 Å². The molecule has 1 aromatic rings. The van der Waals surface area contributed by atoms with Gasteiger partial charge >= 0.3 is 6.09 Å². The standard InChI is InChI=1S/C25H44N4O4Si/c1-15-13-29(14-18(22(15)30)28-23(31)32-24(2,3)4)21-16-10-11-19(20(16)27-12-17(21)26)33-34(8,9)25(5,6)7/h12,15,18-19,22,30H,10-11,13-14,26H2,1-9H3,(H,28,31)/t15?,18?,19?,22-/m1/s1. The van der Waals surface area contributed by atoms with Crippen molar-refractivity contribution in [1.29, 1.82) is 0 Å². The maximum Gasteiger partial charge on any atom is 0.408 e. The largest absolute Gasteiger partial charge is 0.444 e. The van der Waals surface area contributed by atoms with Crippen LogP contribution in [0, 0.1) is 5.92 Å². The monoisotopic (exact) mass is 492 g/mol. The van der Waals surface area contributed by atoms with Crippen molar-refractivity contribution < 1.29 is 19.1 Å². The van der Waals surface area contributed by atoms with Crippen LogP contribution < -0.4 is 16.0 Å². The zero-order valence-electron chi connectivity index (χ0n) is 22.4. The first-order valence-corrected chi connectivity index (χ1v) is 15.3. The van der Waals surface area contributed by atoms with Crippen LogP contribution in [-0.2, 0) is 15.6 Å². The van der Waals surface area contributed by atoms with E-state index in [4.69, 9.17) is 19.9 Å². The SMILES string of the molecule is CC1CN(c2c(N)cnc3c2CCC3O[Si](C)(C)C(C)(C)C)CC(NC(=O)OC(C)(C)C)[C@@H]1O. The number of carbonyl (C=O) groups excluding carboxylic acids is 1. The summed E-state index contributed by atoms with van der Waals surface area (Å²) in [6, 6.07) is -0.470. The number of fused-ring (bicyclic) bond motifs is 1. The molecule has 3 rings (SSSR count). The molecular formula is C25H44N4O4Si. The molecule has 2 aliphatic rings. The Balaban J connectivity index is 1.86. The Hall–Kier alpha value is -1.84. The van der Waals surface area contributed by atoms with Gasteiger partial charge < -0.3 is 30.2 Å². The van der Waals surface area contributed by atoms with Crippen LogP contribution in [0.4, 0.5) is 16.2 Å². The quantitative estimate of drug-likeness (QED) is 0.535. The average Bonchev–Trinajstić information content (AvgIpc) is 3.04. The number of anilines is 2. The van der Waals surface area contributed by atoms with Crippen LogP contribution in [0.1, 0.15) is 72.2 Å². The first-order valence-electron chi connectivity index (χ1n) is 12.4. The second kappa shape index (κ2) is 9.31. The molecule has 1 aliphatic carbocycles. The van der Waals surface area contributed by atoms with Crippen LogP contribution in [-0.4, -0.2) is 55.3 Å². The molecule has 4 atom stereocenters. The van der Waals surface area contributed by atoms with Crippen molar-refractivity contribution in [2.24, 2.45) is 5.92 Å². The topological polar surface area (TPSA) is 110 Å². The van der Waals surface area contributed by atoms with E-state index in [2.05, 4.69) is 44.1 Å². The fraction of sp³-hybridized carbons (Fsp3) is 0.760. The van der Waals surface area contributed by atoms with E-state index in [0.29, 0.717) is 18.8 Å². The molecule has 1 amide bonds. The molecule has 1 fully saturated rings. The summed E-state index contributed by atoms with van der Waals surface area (Å²) in [7, 11) is -1.96. The number of nitrogens with one attached hydrogen (secondary N) is 1. The number of carbonyl (C=O) groups is 1. The van der Waals surface area contributed by atoms with Gasteiger partial charge in [-0.3, -0.25) is 4.98 Å². The molecule has 9 heteroatoms. The van der Waals surface area contributed by atoms with Gasteiger partial charge in [0.25, 0.3) is 0 Å². The second-order valence-corrected chi connectivity index (χ2v) is 17.2. The van der Waals surface area contributed by atoms with Gasteiger partial charge in [-0.1, -0.05) is 27.7 Å². The van der Waals surface area contributed by atoms with Gasteiger partial charge in [0.15, 0.2) is 8.32 Å². The Bertz CT molecular complexity index is 909. The number of pyridine rings is 1. The zero-order chi connectivity index (χ0) is 25.6. The Labute approximate surface area is 205 Å². The third-order valence-corrected chi connectivity index (χ3v) is 11.8. The van der Waals surface area contributed by atoms with Crippen molar-refractivity contribution >= 4 is 25.8 Å². The Morgan fingerprint density at radius 2 is 1.88 bits per heavy atom. The predicted octanol–water partition coefficient (Wildman–Crippen LogP) is 4.38. The third kappa shape index (κ3) is 5.68. The molecule has 1 saturated heterocycles. The molecule has 192 valence electrons. The van der Waals surface area contributed by atoms with Crippen LogP contribution in [0.3, 0.4) is 0 Å². The molecule has 0 aromatic carbocycles. The number of rotatable bonds is 4. The number of hydrogen-bond acceptors (Lipinski definition) is 7. The number of nitrogens with two attached hydrogens (primary N) is 1. The van der Waals surface area contributed by atoms with E-state index in [1.54, 1.807) is 6.20 Å². The van der Waals surface area contributed by atoms with Crippen LogP contribution in [0.15, 0.2) is 6.20 Å². The zero-order valence-corrected chi connectivity index (χ0v) is 23.4. The number of piperidine rings is 1. The maximum atomic E-state index is 12.4. The highest BCUT2D eigenvalue weighted by Gasteiger charge is 2.43. The van der Waals surface area contributed by atoms with Crippen molar-refractivity contribution in [3.05, 3.63) is 17.5 Å². The summed E-state index contributed by atoms with van der Waals surface area (Å²) in [5.74, 6) is -0.0578. The lowest BCUT2D eigenvalue weighted by Crippen LogP contribution is -2.59. The smallest absolute Gasteiger partial charge is 0.408 e. The summed E-state index contributed by atoms with van der Waals surface area (Å²) in [5, 5.41) is 13.8. The number of aliphatic hydroxyl groups is 1. The Morgan fingerprint density at radius 3 is 2.47 bits per heavy atom. The molecule has 4 N–H and O–H groups in total. The normalized spacial score (nSPS) is 25.8. The molecule has 0 spiro atoms. The van der Waals surface area contributed by atoms with Gasteiger partial charge in [-0.15, -0.1) is 0 Å². The van der Waals surface area contributed by atoms with E-state index < -0.39 is 32.2 Å². The first kappa shape index (κ1) is 26.8. The molecule has 1 aliphatic heterocycles. The van der Waals surface area contributed by atoms with Gasteiger partial charge in [0.2, 0.25) is 0 Å². The molecule has 0 bridgehead atoms. The number of ether oxygens (including phenoxy) is 1. The number of nitrogen functional groups attached to an aromatic ring is 1. The van der Waals surface area contributed by atoms with E-state index in [1.165, 1.54) is 0 Å². The summed E-state index contributed by atoms with van der Waals surface area (Å²) in [6.45, 7) is 19.8. The van der Waals surface area contributed by atoms with E-state index in [0.717, 1.165) is 29.8 Å².